The summed E-state index contributed by atoms with van der Waals surface area (Å²) < 4.78 is 33.2. The van der Waals surface area contributed by atoms with Gasteiger partial charge in [0.25, 0.3) is 5.91 Å². The van der Waals surface area contributed by atoms with E-state index in [1.165, 1.54) is 13.2 Å². The highest BCUT2D eigenvalue weighted by molar-refractivity contribution is 5.97. The Balaban J connectivity index is 1.47. The van der Waals surface area contributed by atoms with Crippen molar-refractivity contribution in [3.05, 3.63) is 119 Å². The molecule has 4 rings (SSSR count). The van der Waals surface area contributed by atoms with E-state index in [2.05, 4.69) is 10.6 Å². The number of halogens is 2. The van der Waals surface area contributed by atoms with Crippen molar-refractivity contribution in [3.8, 4) is 16.9 Å². The molecule has 1 amide bonds. The van der Waals surface area contributed by atoms with Gasteiger partial charge in [-0.05, 0) is 53.4 Å². The van der Waals surface area contributed by atoms with Gasteiger partial charge in [0.1, 0.15) is 11.9 Å². The molecule has 0 bridgehead atoms. The molecule has 1 atom stereocenters. The largest absolute Gasteiger partial charge is 0.505 e. The number of hydrogen-bond donors (Lipinski definition) is 3. The molecule has 0 fully saturated rings. The van der Waals surface area contributed by atoms with E-state index in [9.17, 15) is 23.5 Å². The molecule has 8 heteroatoms. The number of benzene rings is 4. The van der Waals surface area contributed by atoms with E-state index in [1.54, 1.807) is 19.1 Å². The number of rotatable bonds is 9. The van der Waals surface area contributed by atoms with Crippen LogP contribution in [0, 0.1) is 18.6 Å². The lowest BCUT2D eigenvalue weighted by molar-refractivity contribution is -0.142. The third kappa shape index (κ3) is 6.59. The van der Waals surface area contributed by atoms with E-state index in [-0.39, 0.29) is 24.1 Å². The number of amides is 1. The zero-order valence-electron chi connectivity index (χ0n) is 21.5. The number of aromatic hydroxyl groups is 1. The van der Waals surface area contributed by atoms with Crippen LogP contribution in [0.5, 0.6) is 5.75 Å². The average Bonchev–Trinajstić information content (AvgIpc) is 2.96. The van der Waals surface area contributed by atoms with E-state index < -0.39 is 35.3 Å². The van der Waals surface area contributed by atoms with Crippen LogP contribution >= 0.6 is 0 Å². The first-order valence-corrected chi connectivity index (χ1v) is 12.3. The van der Waals surface area contributed by atoms with Crippen molar-refractivity contribution < 1.29 is 28.2 Å². The summed E-state index contributed by atoms with van der Waals surface area (Å²) in [4.78, 5) is 25.6. The fraction of sp³-hybridized carbons (Fsp3) is 0.161. The maximum atomic E-state index is 14.2. The monoisotopic (exact) mass is 530 g/mol. The molecule has 0 aliphatic rings. The molecule has 0 saturated heterocycles. The van der Waals surface area contributed by atoms with E-state index >= 15 is 0 Å². The molecular weight excluding hydrogens is 502 g/mol. The second-order valence-electron chi connectivity index (χ2n) is 9.06. The number of hydrogen-bond acceptors (Lipinski definition) is 5. The van der Waals surface area contributed by atoms with Crippen molar-refractivity contribution in [2.75, 3.05) is 12.4 Å². The maximum Gasteiger partial charge on any atom is 0.328 e. The van der Waals surface area contributed by atoms with Gasteiger partial charge < -0.3 is 20.5 Å². The minimum atomic E-state index is -1.05. The molecule has 200 valence electrons. The Hall–Kier alpha value is -4.72. The van der Waals surface area contributed by atoms with Gasteiger partial charge in [-0.3, -0.25) is 4.79 Å². The second kappa shape index (κ2) is 12.2. The molecule has 0 aliphatic carbocycles. The van der Waals surface area contributed by atoms with E-state index in [4.69, 9.17) is 4.74 Å². The van der Waals surface area contributed by atoms with Crippen LogP contribution < -0.4 is 10.6 Å². The smallest absolute Gasteiger partial charge is 0.328 e. The highest BCUT2D eigenvalue weighted by atomic mass is 19.1. The maximum absolute atomic E-state index is 14.2. The number of aryl methyl sites for hydroxylation is 1. The standard InChI is InChI=1S/C31H28F2N2O4/c1-19-8-11-23(17-26(19)34-18-24-25(32)14-15-28(36)29(24)33)30(37)35-27(31(38)39-2)16-20-9-12-22(13-10-20)21-6-4-3-5-7-21/h3-15,17,27,34,36H,16,18H2,1-2H3,(H,35,37)/t27-/m0/s1. The molecule has 0 aliphatic heterocycles. The first-order valence-electron chi connectivity index (χ1n) is 12.3. The summed E-state index contributed by atoms with van der Waals surface area (Å²) in [6.07, 6.45) is 0.223. The average molecular weight is 531 g/mol. The molecule has 39 heavy (non-hydrogen) atoms. The Bertz CT molecular complexity index is 1470. The van der Waals surface area contributed by atoms with Crippen molar-refractivity contribution in [2.24, 2.45) is 0 Å². The number of carbonyl (C=O) groups is 2. The van der Waals surface area contributed by atoms with Crippen LogP contribution in [-0.2, 0) is 22.5 Å². The van der Waals surface area contributed by atoms with Crippen molar-refractivity contribution in [2.45, 2.75) is 25.9 Å². The Morgan fingerprint density at radius 2 is 1.62 bits per heavy atom. The van der Waals surface area contributed by atoms with Gasteiger partial charge in [0.05, 0.1) is 7.11 Å². The van der Waals surface area contributed by atoms with Gasteiger partial charge in [-0.2, -0.15) is 0 Å². The van der Waals surface area contributed by atoms with Crippen LogP contribution in [0.25, 0.3) is 11.1 Å². The first kappa shape index (κ1) is 27.3. The Morgan fingerprint density at radius 1 is 0.923 bits per heavy atom. The Morgan fingerprint density at radius 3 is 2.31 bits per heavy atom. The van der Waals surface area contributed by atoms with Gasteiger partial charge >= 0.3 is 5.97 Å². The van der Waals surface area contributed by atoms with Gasteiger partial charge in [-0.1, -0.05) is 60.7 Å². The van der Waals surface area contributed by atoms with Crippen LogP contribution in [0.4, 0.5) is 14.5 Å². The van der Waals surface area contributed by atoms with Crippen LogP contribution in [0.2, 0.25) is 0 Å². The zero-order valence-corrected chi connectivity index (χ0v) is 21.5. The second-order valence-corrected chi connectivity index (χ2v) is 9.06. The molecule has 0 aromatic heterocycles. The van der Waals surface area contributed by atoms with Crippen LogP contribution in [0.3, 0.4) is 0 Å². The molecular formula is C31H28F2N2O4. The summed E-state index contributed by atoms with van der Waals surface area (Å²) in [6.45, 7) is 1.53. The fourth-order valence-corrected chi connectivity index (χ4v) is 4.16. The lowest BCUT2D eigenvalue weighted by Crippen LogP contribution is -2.43. The molecule has 0 saturated carbocycles. The molecule has 6 nitrogen and oxygen atoms in total. The lowest BCUT2D eigenvalue weighted by Gasteiger charge is -2.18. The summed E-state index contributed by atoms with van der Waals surface area (Å²) in [5.74, 6) is -3.60. The zero-order chi connectivity index (χ0) is 27.9. The molecule has 3 N–H and O–H groups in total. The number of methoxy groups -OCH3 is 1. The normalized spacial score (nSPS) is 11.5. The molecule has 0 spiro atoms. The lowest BCUT2D eigenvalue weighted by atomic mass is 10.0. The summed E-state index contributed by atoms with van der Waals surface area (Å²) >= 11 is 0. The first-order chi connectivity index (χ1) is 18.8. The number of esters is 1. The van der Waals surface area contributed by atoms with E-state index in [0.29, 0.717) is 5.69 Å². The third-order valence-corrected chi connectivity index (χ3v) is 6.41. The number of carbonyl (C=O) groups excluding carboxylic acids is 2. The van der Waals surface area contributed by atoms with Crippen molar-refractivity contribution in [3.63, 3.8) is 0 Å². The predicted octanol–water partition coefficient (Wildman–Crippen LogP) is 5.77. The van der Waals surface area contributed by atoms with Gasteiger partial charge in [0.15, 0.2) is 11.6 Å². The molecule has 0 radical (unpaired) electrons. The number of anilines is 1. The van der Waals surface area contributed by atoms with Crippen molar-refractivity contribution in [1.82, 2.24) is 5.32 Å². The summed E-state index contributed by atoms with van der Waals surface area (Å²) in [6, 6.07) is 23.4. The Labute approximate surface area is 225 Å². The van der Waals surface area contributed by atoms with E-state index in [1.807, 2.05) is 54.6 Å². The highest BCUT2D eigenvalue weighted by Gasteiger charge is 2.23. The minimum Gasteiger partial charge on any atom is -0.505 e. The number of phenolic OH excluding ortho intramolecular Hbond substituents is 1. The van der Waals surface area contributed by atoms with Crippen LogP contribution in [-0.4, -0.2) is 30.1 Å². The van der Waals surface area contributed by atoms with Crippen LogP contribution in [0.1, 0.15) is 27.0 Å². The molecule has 4 aromatic rings. The summed E-state index contributed by atoms with van der Waals surface area (Å²) in [7, 11) is 1.26. The van der Waals surface area contributed by atoms with Gasteiger partial charge in [-0.25, -0.2) is 13.6 Å². The van der Waals surface area contributed by atoms with Crippen LogP contribution in [0.15, 0.2) is 84.9 Å². The van der Waals surface area contributed by atoms with Crippen molar-refractivity contribution in [1.29, 1.82) is 0 Å². The number of phenols is 1. The quantitative estimate of drug-likeness (QED) is 0.239. The van der Waals surface area contributed by atoms with Gasteiger partial charge in [-0.15, -0.1) is 0 Å². The summed E-state index contributed by atoms with van der Waals surface area (Å²) in [5, 5.41) is 15.2. The predicted molar refractivity (Wildman–Crippen MR) is 145 cm³/mol. The molecule has 0 unspecified atom stereocenters. The van der Waals surface area contributed by atoms with Gasteiger partial charge in [0.2, 0.25) is 0 Å². The topological polar surface area (TPSA) is 87.7 Å². The molecule has 0 heterocycles. The third-order valence-electron chi connectivity index (χ3n) is 6.41. The fourth-order valence-electron chi connectivity index (χ4n) is 4.16. The van der Waals surface area contributed by atoms with E-state index in [0.717, 1.165) is 34.4 Å². The Kier molecular flexibility index (Phi) is 8.56. The minimum absolute atomic E-state index is 0.223. The highest BCUT2D eigenvalue weighted by Crippen LogP contribution is 2.25. The summed E-state index contributed by atoms with van der Waals surface area (Å²) in [5.41, 5.74) is 4.06. The number of nitrogens with one attached hydrogen (secondary N) is 2. The SMILES string of the molecule is COC(=O)[C@H](Cc1ccc(-c2ccccc2)cc1)NC(=O)c1ccc(C)c(NCc2c(F)ccc(O)c2F)c1. The number of ether oxygens (including phenoxy) is 1. The molecule has 4 aromatic carbocycles. The van der Waals surface area contributed by atoms with Crippen molar-refractivity contribution >= 4 is 17.6 Å². The van der Waals surface area contributed by atoms with Gasteiger partial charge in [0, 0.05) is 29.8 Å².